The molecule has 2 unspecified atom stereocenters. The highest BCUT2D eigenvalue weighted by molar-refractivity contribution is 5.74. The van der Waals surface area contributed by atoms with Gasteiger partial charge in [0, 0.05) is 38.3 Å². The van der Waals surface area contributed by atoms with Gasteiger partial charge in [0.2, 0.25) is 0 Å². The Balaban J connectivity index is 1.37. The zero-order chi connectivity index (χ0) is 24.6. The first-order valence-corrected chi connectivity index (χ1v) is 13.3. The van der Waals surface area contributed by atoms with E-state index in [1.165, 1.54) is 16.7 Å². The van der Waals surface area contributed by atoms with Crippen molar-refractivity contribution in [3.63, 3.8) is 0 Å². The number of hydrogen-bond donors (Lipinski definition) is 2. The highest BCUT2D eigenvalue weighted by Gasteiger charge is 2.21. The summed E-state index contributed by atoms with van der Waals surface area (Å²) >= 11 is 0. The van der Waals surface area contributed by atoms with E-state index in [0.29, 0.717) is 13.2 Å². The second-order valence-corrected chi connectivity index (χ2v) is 10.1. The summed E-state index contributed by atoms with van der Waals surface area (Å²) in [5.41, 5.74) is 4.77. The standard InChI is InChI=1S/C29H42N2O4/c1-22-8-3-4-9-26(22)27-10-11-28(34-19-7-15-31-17-13-25(33)21-31)29(23(27)2)35-18-6-5-14-30-16-12-24(32)20-30/h3-4,8-11,24-25,32-33H,5-7,12-21H2,1-2H3. The van der Waals surface area contributed by atoms with Crippen LogP contribution in [0.3, 0.4) is 0 Å². The second-order valence-electron chi connectivity index (χ2n) is 10.1. The van der Waals surface area contributed by atoms with Gasteiger partial charge < -0.3 is 29.5 Å². The maximum Gasteiger partial charge on any atom is 0.164 e. The van der Waals surface area contributed by atoms with Crippen LogP contribution < -0.4 is 9.47 Å². The molecule has 2 aromatic rings. The molecule has 4 rings (SSSR count). The monoisotopic (exact) mass is 482 g/mol. The van der Waals surface area contributed by atoms with Crippen molar-refractivity contribution in [2.24, 2.45) is 0 Å². The zero-order valence-corrected chi connectivity index (χ0v) is 21.4. The van der Waals surface area contributed by atoms with E-state index in [-0.39, 0.29) is 12.2 Å². The summed E-state index contributed by atoms with van der Waals surface area (Å²) in [5.74, 6) is 1.66. The van der Waals surface area contributed by atoms with E-state index in [1.54, 1.807) is 0 Å². The van der Waals surface area contributed by atoms with Gasteiger partial charge in [0.15, 0.2) is 11.5 Å². The van der Waals surface area contributed by atoms with E-state index in [2.05, 4.69) is 60.0 Å². The second kappa shape index (κ2) is 12.7. The van der Waals surface area contributed by atoms with Crippen LogP contribution in [0.25, 0.3) is 11.1 Å². The van der Waals surface area contributed by atoms with Gasteiger partial charge in [-0.1, -0.05) is 30.3 Å². The summed E-state index contributed by atoms with van der Waals surface area (Å²) in [4.78, 5) is 4.64. The number of aliphatic hydroxyl groups is 2. The summed E-state index contributed by atoms with van der Waals surface area (Å²) < 4.78 is 12.6. The van der Waals surface area contributed by atoms with Crippen LogP contribution in [-0.2, 0) is 0 Å². The van der Waals surface area contributed by atoms with Crippen LogP contribution in [0.5, 0.6) is 11.5 Å². The Morgan fingerprint density at radius 2 is 1.43 bits per heavy atom. The Kier molecular flexibility index (Phi) is 9.44. The third-order valence-electron chi connectivity index (χ3n) is 7.29. The molecule has 0 saturated carbocycles. The van der Waals surface area contributed by atoms with Crippen LogP contribution in [0, 0.1) is 13.8 Å². The number of aryl methyl sites for hydroxylation is 1. The van der Waals surface area contributed by atoms with Gasteiger partial charge >= 0.3 is 0 Å². The molecule has 2 aliphatic rings. The minimum absolute atomic E-state index is 0.159. The minimum Gasteiger partial charge on any atom is -0.490 e. The van der Waals surface area contributed by atoms with Gasteiger partial charge in [-0.05, 0) is 75.3 Å². The molecule has 2 aromatic carbocycles. The molecule has 0 aromatic heterocycles. The van der Waals surface area contributed by atoms with Gasteiger partial charge in [-0.3, -0.25) is 0 Å². The van der Waals surface area contributed by atoms with Gasteiger partial charge in [-0.25, -0.2) is 0 Å². The average molecular weight is 483 g/mol. The number of aliphatic hydroxyl groups excluding tert-OH is 2. The number of β-amino-alcohol motifs (C(OH)–C–C–N with tert-alkyl or cyclic N) is 2. The van der Waals surface area contributed by atoms with Gasteiger partial charge in [0.25, 0.3) is 0 Å². The molecule has 0 amide bonds. The lowest BCUT2D eigenvalue weighted by atomic mass is 9.96. The molecule has 2 aliphatic heterocycles. The third-order valence-corrected chi connectivity index (χ3v) is 7.29. The van der Waals surface area contributed by atoms with Crippen LogP contribution in [-0.4, -0.2) is 84.7 Å². The third kappa shape index (κ3) is 7.20. The Morgan fingerprint density at radius 1 is 0.771 bits per heavy atom. The van der Waals surface area contributed by atoms with Crippen molar-refractivity contribution < 1.29 is 19.7 Å². The van der Waals surface area contributed by atoms with Crippen LogP contribution in [0.1, 0.15) is 43.2 Å². The minimum atomic E-state index is -0.178. The lowest BCUT2D eigenvalue weighted by Crippen LogP contribution is -2.24. The first-order valence-electron chi connectivity index (χ1n) is 13.3. The summed E-state index contributed by atoms with van der Waals surface area (Å²) in [7, 11) is 0. The molecule has 0 bridgehead atoms. The lowest BCUT2D eigenvalue weighted by Gasteiger charge is -2.20. The molecule has 2 fully saturated rings. The molecule has 2 N–H and O–H groups in total. The van der Waals surface area contributed by atoms with Gasteiger partial charge in [0.05, 0.1) is 25.4 Å². The summed E-state index contributed by atoms with van der Waals surface area (Å²) in [6.07, 6.45) is 4.37. The molecule has 192 valence electrons. The number of unbranched alkanes of at least 4 members (excludes halogenated alkanes) is 1. The maximum absolute atomic E-state index is 9.73. The van der Waals surface area contributed by atoms with E-state index in [1.807, 2.05) is 0 Å². The first-order chi connectivity index (χ1) is 17.0. The number of benzene rings is 2. The molecule has 6 heteroatoms. The fraction of sp³-hybridized carbons (Fsp3) is 0.586. The predicted octanol–water partition coefficient (Wildman–Crippen LogP) is 4.03. The smallest absolute Gasteiger partial charge is 0.164 e. The number of rotatable bonds is 12. The average Bonchev–Trinajstić information content (AvgIpc) is 3.46. The van der Waals surface area contributed by atoms with E-state index in [4.69, 9.17) is 9.47 Å². The van der Waals surface area contributed by atoms with E-state index in [9.17, 15) is 10.2 Å². The van der Waals surface area contributed by atoms with Crippen molar-refractivity contribution in [2.45, 2.75) is 58.2 Å². The molecule has 2 heterocycles. The van der Waals surface area contributed by atoms with Gasteiger partial charge in [-0.15, -0.1) is 0 Å². The van der Waals surface area contributed by atoms with E-state index < -0.39 is 0 Å². The van der Waals surface area contributed by atoms with Crippen LogP contribution in [0.4, 0.5) is 0 Å². The quantitative estimate of drug-likeness (QED) is 0.446. The van der Waals surface area contributed by atoms with Gasteiger partial charge in [-0.2, -0.15) is 0 Å². The topological polar surface area (TPSA) is 65.4 Å². The maximum atomic E-state index is 9.73. The number of likely N-dealkylation sites (tertiary alicyclic amines) is 2. The molecule has 0 radical (unpaired) electrons. The number of hydrogen-bond acceptors (Lipinski definition) is 6. The molecule has 2 atom stereocenters. The van der Waals surface area contributed by atoms with Crippen molar-refractivity contribution in [2.75, 3.05) is 52.5 Å². The summed E-state index contributed by atoms with van der Waals surface area (Å²) in [5, 5.41) is 19.5. The van der Waals surface area contributed by atoms with Crippen molar-refractivity contribution in [3.05, 3.63) is 47.5 Å². The van der Waals surface area contributed by atoms with E-state index in [0.717, 1.165) is 88.4 Å². The van der Waals surface area contributed by atoms with Crippen molar-refractivity contribution >= 4 is 0 Å². The van der Waals surface area contributed by atoms with Crippen LogP contribution in [0.2, 0.25) is 0 Å². The fourth-order valence-electron chi connectivity index (χ4n) is 5.24. The molecule has 35 heavy (non-hydrogen) atoms. The van der Waals surface area contributed by atoms with Gasteiger partial charge in [0.1, 0.15) is 0 Å². The summed E-state index contributed by atoms with van der Waals surface area (Å²) in [6, 6.07) is 12.7. The lowest BCUT2D eigenvalue weighted by molar-refractivity contribution is 0.172. The molecule has 2 saturated heterocycles. The fourth-order valence-corrected chi connectivity index (χ4v) is 5.24. The summed E-state index contributed by atoms with van der Waals surface area (Å²) in [6.45, 7) is 11.0. The molecule has 0 spiro atoms. The molecule has 6 nitrogen and oxygen atoms in total. The Bertz CT molecular complexity index is 950. The largest absolute Gasteiger partial charge is 0.490 e. The first kappa shape index (κ1) is 26.0. The van der Waals surface area contributed by atoms with Crippen LogP contribution >= 0.6 is 0 Å². The highest BCUT2D eigenvalue weighted by Crippen LogP contribution is 2.39. The highest BCUT2D eigenvalue weighted by atomic mass is 16.5. The number of nitrogens with zero attached hydrogens (tertiary/aromatic N) is 2. The SMILES string of the molecule is Cc1ccccc1-c1ccc(OCCCN2CCC(O)C2)c(OCCCCN2CCC(O)C2)c1C. The molecular formula is C29H42N2O4. The normalized spacial score (nSPS) is 21.0. The zero-order valence-electron chi connectivity index (χ0n) is 21.4. The number of ether oxygens (including phenoxy) is 2. The van der Waals surface area contributed by atoms with Crippen molar-refractivity contribution in [1.29, 1.82) is 0 Å². The Hall–Kier alpha value is -2.12. The molecular weight excluding hydrogens is 440 g/mol. The van der Waals surface area contributed by atoms with Crippen molar-refractivity contribution in [3.8, 4) is 22.6 Å². The molecule has 0 aliphatic carbocycles. The predicted molar refractivity (Wildman–Crippen MR) is 140 cm³/mol. The van der Waals surface area contributed by atoms with Crippen molar-refractivity contribution in [1.82, 2.24) is 9.80 Å². The Morgan fingerprint density at radius 3 is 2.09 bits per heavy atom. The van der Waals surface area contributed by atoms with E-state index >= 15 is 0 Å². The Labute approximate surface area is 210 Å². The van der Waals surface area contributed by atoms with Crippen LogP contribution in [0.15, 0.2) is 36.4 Å².